The van der Waals surface area contributed by atoms with Crippen molar-refractivity contribution in [2.75, 3.05) is 18.9 Å². The molecule has 1 rings (SSSR count). The van der Waals surface area contributed by atoms with Crippen molar-refractivity contribution in [3.05, 3.63) is 23.8 Å². The van der Waals surface area contributed by atoms with E-state index in [9.17, 15) is 9.59 Å². The van der Waals surface area contributed by atoms with E-state index >= 15 is 0 Å². The molecule has 0 aliphatic rings. The molecule has 7 nitrogen and oxygen atoms in total. The van der Waals surface area contributed by atoms with Gasteiger partial charge in [-0.1, -0.05) is 0 Å². The van der Waals surface area contributed by atoms with Crippen LogP contribution in [0.15, 0.2) is 18.2 Å². The Bertz CT molecular complexity index is 523. The van der Waals surface area contributed by atoms with Crippen LogP contribution in [0.2, 0.25) is 0 Å². The fourth-order valence-electron chi connectivity index (χ4n) is 1.47. The molecule has 7 heteroatoms. The number of hydrogen-bond acceptors (Lipinski definition) is 5. The van der Waals surface area contributed by atoms with Gasteiger partial charge in [0.05, 0.1) is 12.1 Å². The smallest absolute Gasteiger partial charge is 0.407 e. The predicted molar refractivity (Wildman–Crippen MR) is 77.5 cm³/mol. The fraction of sp³-hybridized carbons (Fsp3) is 0.429. The van der Waals surface area contributed by atoms with Crippen LogP contribution in [0, 0.1) is 0 Å². The lowest BCUT2D eigenvalue weighted by atomic mass is 10.2. The molecule has 1 aromatic rings. The largest absolute Gasteiger partial charge is 0.492 e. The number of carboxylic acid groups (broad SMARTS) is 1. The number of nitrogens with one attached hydrogen (secondary N) is 1. The van der Waals surface area contributed by atoms with Crippen molar-refractivity contribution in [2.24, 2.45) is 0 Å². The second-order valence-electron chi connectivity index (χ2n) is 5.37. The summed E-state index contributed by atoms with van der Waals surface area (Å²) in [5, 5.41) is 11.4. The highest BCUT2D eigenvalue weighted by Gasteiger charge is 2.15. The first-order chi connectivity index (χ1) is 9.67. The van der Waals surface area contributed by atoms with Crippen molar-refractivity contribution in [3.8, 4) is 5.75 Å². The normalized spacial score (nSPS) is 10.8. The topological polar surface area (TPSA) is 111 Å². The van der Waals surface area contributed by atoms with E-state index in [-0.39, 0.29) is 18.7 Å². The fourth-order valence-corrected chi connectivity index (χ4v) is 1.47. The summed E-state index contributed by atoms with van der Waals surface area (Å²) in [4.78, 5) is 22.3. The summed E-state index contributed by atoms with van der Waals surface area (Å²) < 4.78 is 10.4. The number of nitrogens with two attached hydrogens (primary N) is 1. The highest BCUT2D eigenvalue weighted by Crippen LogP contribution is 2.18. The van der Waals surface area contributed by atoms with Crippen molar-refractivity contribution in [1.29, 1.82) is 0 Å². The Balaban J connectivity index is 2.43. The molecule has 0 saturated carbocycles. The van der Waals surface area contributed by atoms with Crippen molar-refractivity contribution in [1.82, 2.24) is 5.32 Å². The molecule has 0 bridgehead atoms. The van der Waals surface area contributed by atoms with Gasteiger partial charge in [0, 0.05) is 11.8 Å². The molecule has 21 heavy (non-hydrogen) atoms. The van der Waals surface area contributed by atoms with Crippen LogP contribution in [0.3, 0.4) is 0 Å². The summed E-state index contributed by atoms with van der Waals surface area (Å²) >= 11 is 0. The maximum Gasteiger partial charge on any atom is 0.407 e. The first-order valence-electron chi connectivity index (χ1n) is 6.41. The van der Waals surface area contributed by atoms with Crippen LogP contribution in [0.25, 0.3) is 0 Å². The van der Waals surface area contributed by atoms with Gasteiger partial charge in [0.15, 0.2) is 0 Å². The third-order valence-corrected chi connectivity index (χ3v) is 2.21. The van der Waals surface area contributed by atoms with Gasteiger partial charge in [0.25, 0.3) is 0 Å². The number of nitrogen functional groups attached to an aromatic ring is 1. The number of alkyl carbamates (subject to hydrolysis) is 1. The number of aromatic carboxylic acids is 1. The van der Waals surface area contributed by atoms with E-state index in [4.69, 9.17) is 20.3 Å². The zero-order valence-corrected chi connectivity index (χ0v) is 12.3. The maximum atomic E-state index is 11.4. The minimum Gasteiger partial charge on any atom is -0.492 e. The average molecular weight is 296 g/mol. The zero-order valence-electron chi connectivity index (χ0n) is 12.3. The highest BCUT2D eigenvalue weighted by molar-refractivity contribution is 5.89. The predicted octanol–water partition coefficient (Wildman–Crippen LogP) is 1.87. The zero-order chi connectivity index (χ0) is 16.0. The molecule has 0 aliphatic heterocycles. The molecule has 1 aromatic carbocycles. The minimum atomic E-state index is -1.08. The van der Waals surface area contributed by atoms with Crippen LogP contribution in [-0.2, 0) is 4.74 Å². The van der Waals surface area contributed by atoms with Gasteiger partial charge in [-0.25, -0.2) is 9.59 Å². The molecule has 0 fully saturated rings. The molecular formula is C14H20N2O5. The van der Waals surface area contributed by atoms with Gasteiger partial charge in [-0.2, -0.15) is 0 Å². The molecule has 116 valence electrons. The summed E-state index contributed by atoms with van der Waals surface area (Å²) in [6, 6.07) is 4.22. The Labute approximate surface area is 123 Å². The number of hydrogen-bond donors (Lipinski definition) is 3. The molecule has 0 atom stereocenters. The average Bonchev–Trinajstić information content (AvgIpc) is 2.31. The second kappa shape index (κ2) is 6.83. The van der Waals surface area contributed by atoms with Crippen molar-refractivity contribution in [2.45, 2.75) is 26.4 Å². The Morgan fingerprint density at radius 2 is 1.95 bits per heavy atom. The quantitative estimate of drug-likeness (QED) is 0.565. The third-order valence-electron chi connectivity index (χ3n) is 2.21. The lowest BCUT2D eigenvalue weighted by Crippen LogP contribution is -2.34. The van der Waals surface area contributed by atoms with Crippen LogP contribution in [0.5, 0.6) is 5.75 Å². The van der Waals surface area contributed by atoms with Gasteiger partial charge in [-0.3, -0.25) is 0 Å². The Morgan fingerprint density at radius 1 is 1.29 bits per heavy atom. The van der Waals surface area contributed by atoms with Crippen molar-refractivity contribution in [3.63, 3.8) is 0 Å². The number of rotatable bonds is 5. The van der Waals surface area contributed by atoms with Crippen LogP contribution in [-0.4, -0.2) is 35.9 Å². The molecule has 0 spiro atoms. The minimum absolute atomic E-state index is 0.0464. The van der Waals surface area contributed by atoms with E-state index < -0.39 is 17.7 Å². The van der Waals surface area contributed by atoms with Gasteiger partial charge in [-0.15, -0.1) is 0 Å². The number of carbonyl (C=O) groups is 2. The van der Waals surface area contributed by atoms with Crippen LogP contribution in [0.4, 0.5) is 10.5 Å². The molecule has 0 unspecified atom stereocenters. The molecule has 0 aromatic heterocycles. The standard InChI is InChI=1S/C14H20N2O5/c1-14(2,3)21-13(19)16-4-5-20-11-7-9(12(17)18)6-10(15)8-11/h6-8H,4-5,15H2,1-3H3,(H,16,19)(H,17,18). The monoisotopic (exact) mass is 296 g/mol. The molecule has 0 saturated heterocycles. The van der Waals surface area contributed by atoms with E-state index in [2.05, 4.69) is 5.32 Å². The Morgan fingerprint density at radius 3 is 2.52 bits per heavy atom. The summed E-state index contributed by atoms with van der Waals surface area (Å²) in [7, 11) is 0. The lowest BCUT2D eigenvalue weighted by Gasteiger charge is -2.19. The third kappa shape index (κ3) is 6.51. The maximum absolute atomic E-state index is 11.4. The van der Waals surface area contributed by atoms with Crippen LogP contribution in [0.1, 0.15) is 31.1 Å². The Hall–Kier alpha value is -2.44. The van der Waals surface area contributed by atoms with E-state index in [1.807, 2.05) is 0 Å². The molecular weight excluding hydrogens is 276 g/mol. The van der Waals surface area contributed by atoms with Crippen LogP contribution >= 0.6 is 0 Å². The van der Waals surface area contributed by atoms with E-state index in [1.54, 1.807) is 20.8 Å². The van der Waals surface area contributed by atoms with Gasteiger partial charge in [0.1, 0.15) is 18.0 Å². The van der Waals surface area contributed by atoms with E-state index in [0.29, 0.717) is 11.4 Å². The van der Waals surface area contributed by atoms with Crippen LogP contribution < -0.4 is 15.8 Å². The highest BCUT2D eigenvalue weighted by atomic mass is 16.6. The summed E-state index contributed by atoms with van der Waals surface area (Å²) in [6.45, 7) is 5.70. The number of amides is 1. The number of carbonyl (C=O) groups excluding carboxylic acids is 1. The van der Waals surface area contributed by atoms with E-state index in [0.717, 1.165) is 0 Å². The molecule has 0 radical (unpaired) electrons. The molecule has 1 amide bonds. The lowest BCUT2D eigenvalue weighted by molar-refractivity contribution is 0.0520. The van der Waals surface area contributed by atoms with Gasteiger partial charge in [-0.05, 0) is 32.9 Å². The van der Waals surface area contributed by atoms with Crippen molar-refractivity contribution >= 4 is 17.7 Å². The summed E-state index contributed by atoms with van der Waals surface area (Å²) in [5.74, 6) is -0.752. The summed E-state index contributed by atoms with van der Waals surface area (Å²) in [5.41, 5.74) is 5.37. The first kappa shape index (κ1) is 16.6. The first-order valence-corrected chi connectivity index (χ1v) is 6.41. The number of anilines is 1. The van der Waals surface area contributed by atoms with Gasteiger partial charge < -0.3 is 25.6 Å². The van der Waals surface area contributed by atoms with E-state index in [1.165, 1.54) is 18.2 Å². The molecule has 0 heterocycles. The molecule has 0 aliphatic carbocycles. The van der Waals surface area contributed by atoms with Gasteiger partial charge in [0.2, 0.25) is 0 Å². The number of carboxylic acids is 1. The molecule has 4 N–H and O–H groups in total. The number of ether oxygens (including phenoxy) is 2. The van der Waals surface area contributed by atoms with Gasteiger partial charge >= 0.3 is 12.1 Å². The SMILES string of the molecule is CC(C)(C)OC(=O)NCCOc1cc(N)cc(C(=O)O)c1. The second-order valence-corrected chi connectivity index (χ2v) is 5.37. The Kier molecular flexibility index (Phi) is 5.40. The summed E-state index contributed by atoms with van der Waals surface area (Å²) in [6.07, 6.45) is -0.537. The van der Waals surface area contributed by atoms with Crippen molar-refractivity contribution < 1.29 is 24.2 Å². The number of benzene rings is 1.